The van der Waals surface area contributed by atoms with Crippen LogP contribution in [0.15, 0.2) is 36.4 Å². The number of carbonyl (C=O) groups excluding carboxylic acids is 1. The molecular formula is C22H27FN2O. The highest BCUT2D eigenvalue weighted by Crippen LogP contribution is 2.28. The lowest BCUT2D eigenvalue weighted by Crippen LogP contribution is -2.30. The molecule has 26 heavy (non-hydrogen) atoms. The number of aldehydes is 1. The van der Waals surface area contributed by atoms with E-state index in [2.05, 4.69) is 35.3 Å². The summed E-state index contributed by atoms with van der Waals surface area (Å²) in [7, 11) is 0. The van der Waals surface area contributed by atoms with Crippen molar-refractivity contribution in [1.82, 2.24) is 0 Å². The van der Waals surface area contributed by atoms with Crippen LogP contribution in [-0.2, 0) is 24.2 Å². The molecule has 1 aliphatic rings. The van der Waals surface area contributed by atoms with Gasteiger partial charge in [0.15, 0.2) is 0 Å². The molecule has 1 aliphatic heterocycles. The van der Waals surface area contributed by atoms with E-state index in [9.17, 15) is 9.18 Å². The Morgan fingerprint density at radius 2 is 2.12 bits per heavy atom. The van der Waals surface area contributed by atoms with Crippen molar-refractivity contribution in [1.29, 1.82) is 0 Å². The molecule has 2 aromatic rings. The zero-order valence-corrected chi connectivity index (χ0v) is 15.4. The number of nitrogens with one attached hydrogen (secondary N) is 1. The van der Waals surface area contributed by atoms with Crippen LogP contribution in [0, 0.1) is 5.82 Å². The molecule has 0 aromatic heterocycles. The van der Waals surface area contributed by atoms with Crippen LogP contribution >= 0.6 is 0 Å². The highest BCUT2D eigenvalue weighted by Gasteiger charge is 2.16. The van der Waals surface area contributed by atoms with Gasteiger partial charge in [0.2, 0.25) is 0 Å². The predicted octanol–water partition coefficient (Wildman–Crippen LogP) is 4.73. The minimum absolute atomic E-state index is 0.253. The Kier molecular flexibility index (Phi) is 6.26. The maximum Gasteiger partial charge on any atom is 0.128 e. The van der Waals surface area contributed by atoms with E-state index in [0.717, 1.165) is 37.9 Å². The van der Waals surface area contributed by atoms with Gasteiger partial charge in [-0.15, -0.1) is 0 Å². The zero-order chi connectivity index (χ0) is 18.4. The molecule has 0 atom stereocenters. The number of benzene rings is 2. The molecule has 4 heteroatoms. The average molecular weight is 354 g/mol. The number of carbonyl (C=O) groups is 1. The number of anilines is 2. The lowest BCUT2D eigenvalue weighted by atomic mass is 9.99. The normalized spacial score (nSPS) is 13.4. The van der Waals surface area contributed by atoms with Gasteiger partial charge < -0.3 is 15.0 Å². The van der Waals surface area contributed by atoms with Gasteiger partial charge in [0, 0.05) is 37.4 Å². The first-order chi connectivity index (χ1) is 12.7. The van der Waals surface area contributed by atoms with Crippen LogP contribution in [0.3, 0.4) is 0 Å². The molecule has 1 N–H and O–H groups in total. The topological polar surface area (TPSA) is 32.3 Å². The van der Waals surface area contributed by atoms with Gasteiger partial charge in [-0.05, 0) is 60.6 Å². The van der Waals surface area contributed by atoms with Crippen LogP contribution in [0.25, 0.3) is 0 Å². The second-order valence-corrected chi connectivity index (χ2v) is 6.92. The monoisotopic (exact) mass is 354 g/mol. The van der Waals surface area contributed by atoms with Crippen LogP contribution in [0.4, 0.5) is 15.8 Å². The molecule has 0 aliphatic carbocycles. The molecule has 0 radical (unpaired) electrons. The van der Waals surface area contributed by atoms with Crippen LogP contribution in [0.2, 0.25) is 0 Å². The summed E-state index contributed by atoms with van der Waals surface area (Å²) < 4.78 is 14.1. The predicted molar refractivity (Wildman–Crippen MR) is 105 cm³/mol. The van der Waals surface area contributed by atoms with Crippen molar-refractivity contribution in [2.75, 3.05) is 23.3 Å². The van der Waals surface area contributed by atoms with Crippen molar-refractivity contribution in [2.45, 2.75) is 45.6 Å². The van der Waals surface area contributed by atoms with Gasteiger partial charge in [0.05, 0.1) is 0 Å². The third kappa shape index (κ3) is 4.43. The first kappa shape index (κ1) is 18.4. The van der Waals surface area contributed by atoms with Gasteiger partial charge >= 0.3 is 0 Å². The van der Waals surface area contributed by atoms with Gasteiger partial charge in [0.25, 0.3) is 0 Å². The Bertz CT molecular complexity index is 760. The fourth-order valence-corrected chi connectivity index (χ4v) is 3.59. The highest BCUT2D eigenvalue weighted by atomic mass is 19.1. The lowest BCUT2D eigenvalue weighted by Gasteiger charge is -2.31. The Morgan fingerprint density at radius 1 is 1.23 bits per heavy atom. The van der Waals surface area contributed by atoms with E-state index in [1.165, 1.54) is 29.3 Å². The molecule has 138 valence electrons. The number of hydrogen-bond acceptors (Lipinski definition) is 3. The molecule has 0 saturated carbocycles. The number of rotatable bonds is 8. The summed E-state index contributed by atoms with van der Waals surface area (Å²) in [5, 5.41) is 3.31. The van der Waals surface area contributed by atoms with E-state index >= 15 is 0 Å². The minimum Gasteiger partial charge on any atom is -0.381 e. The first-order valence-corrected chi connectivity index (χ1v) is 9.54. The van der Waals surface area contributed by atoms with E-state index in [1.54, 1.807) is 6.07 Å². The van der Waals surface area contributed by atoms with Crippen LogP contribution in [0.5, 0.6) is 0 Å². The largest absolute Gasteiger partial charge is 0.381 e. The molecule has 0 saturated heterocycles. The molecule has 2 aromatic carbocycles. The SMILES string of the molecule is CCCN1CCCc2ccc(CNc3ccc(CCC=O)c(F)c3)cc21. The van der Waals surface area contributed by atoms with Gasteiger partial charge in [-0.25, -0.2) is 4.39 Å². The maximum absolute atomic E-state index is 14.1. The fraction of sp³-hybridized carbons (Fsp3) is 0.409. The molecule has 3 nitrogen and oxygen atoms in total. The maximum atomic E-state index is 14.1. The molecule has 3 rings (SSSR count). The zero-order valence-electron chi connectivity index (χ0n) is 15.4. The summed E-state index contributed by atoms with van der Waals surface area (Å²) in [6, 6.07) is 11.8. The highest BCUT2D eigenvalue weighted by molar-refractivity contribution is 5.58. The number of fused-ring (bicyclic) bond motifs is 1. The summed E-state index contributed by atoms with van der Waals surface area (Å²) >= 11 is 0. The third-order valence-electron chi connectivity index (χ3n) is 4.94. The molecule has 0 unspecified atom stereocenters. The van der Waals surface area contributed by atoms with Crippen molar-refractivity contribution in [3.05, 3.63) is 58.9 Å². The van der Waals surface area contributed by atoms with Crippen molar-refractivity contribution in [2.24, 2.45) is 0 Å². The van der Waals surface area contributed by atoms with Gasteiger partial charge in [-0.1, -0.05) is 25.1 Å². The summed E-state index contributed by atoms with van der Waals surface area (Å²) in [5.41, 5.74) is 5.34. The van der Waals surface area contributed by atoms with Gasteiger partial charge in [0.1, 0.15) is 12.1 Å². The lowest BCUT2D eigenvalue weighted by molar-refractivity contribution is -0.107. The molecule has 0 spiro atoms. The summed E-state index contributed by atoms with van der Waals surface area (Å²) in [6.07, 6.45) is 5.15. The molecular weight excluding hydrogens is 327 g/mol. The van der Waals surface area contributed by atoms with Crippen molar-refractivity contribution < 1.29 is 9.18 Å². The number of hydrogen-bond donors (Lipinski definition) is 1. The minimum atomic E-state index is -0.253. The summed E-state index contributed by atoms with van der Waals surface area (Å²) in [5.74, 6) is -0.253. The average Bonchev–Trinajstić information content (AvgIpc) is 2.66. The van der Waals surface area contributed by atoms with Crippen LogP contribution in [0.1, 0.15) is 42.9 Å². The number of aryl methyl sites for hydroxylation is 2. The Labute approximate surface area is 155 Å². The molecule has 0 fully saturated rings. The first-order valence-electron chi connectivity index (χ1n) is 9.54. The van der Waals surface area contributed by atoms with E-state index < -0.39 is 0 Å². The van der Waals surface area contributed by atoms with Crippen molar-refractivity contribution in [3.63, 3.8) is 0 Å². The van der Waals surface area contributed by atoms with E-state index in [-0.39, 0.29) is 5.82 Å². The molecule has 0 bridgehead atoms. The fourth-order valence-electron chi connectivity index (χ4n) is 3.59. The quantitative estimate of drug-likeness (QED) is 0.696. The second kappa shape index (κ2) is 8.84. The van der Waals surface area contributed by atoms with Gasteiger partial charge in [-0.3, -0.25) is 0 Å². The smallest absolute Gasteiger partial charge is 0.128 e. The van der Waals surface area contributed by atoms with E-state index in [1.807, 2.05) is 6.07 Å². The number of halogens is 1. The summed E-state index contributed by atoms with van der Waals surface area (Å²) in [4.78, 5) is 12.9. The summed E-state index contributed by atoms with van der Waals surface area (Å²) in [6.45, 7) is 5.11. The van der Waals surface area contributed by atoms with E-state index in [4.69, 9.17) is 0 Å². The van der Waals surface area contributed by atoms with E-state index in [0.29, 0.717) is 24.9 Å². The standard InChI is InChI=1S/C22H27FN2O/c1-2-11-25-12-3-5-19-8-7-17(14-22(19)25)16-24-20-10-9-18(6-4-13-26)21(23)15-20/h7-10,13-15,24H,2-6,11-12,16H2,1H3. The number of nitrogens with zero attached hydrogens (tertiary/aromatic N) is 1. The van der Waals surface area contributed by atoms with Crippen molar-refractivity contribution >= 4 is 17.7 Å². The Balaban J connectivity index is 1.67. The van der Waals surface area contributed by atoms with Gasteiger partial charge in [-0.2, -0.15) is 0 Å². The molecule has 0 amide bonds. The Morgan fingerprint density at radius 3 is 2.88 bits per heavy atom. The molecule has 1 heterocycles. The third-order valence-corrected chi connectivity index (χ3v) is 4.94. The van der Waals surface area contributed by atoms with Crippen molar-refractivity contribution in [3.8, 4) is 0 Å². The van der Waals surface area contributed by atoms with Crippen LogP contribution in [-0.4, -0.2) is 19.4 Å². The second-order valence-electron chi connectivity index (χ2n) is 6.92. The Hall–Kier alpha value is -2.36. The van der Waals surface area contributed by atoms with Crippen LogP contribution < -0.4 is 10.2 Å².